The number of nitrogens with zero attached hydrogens (tertiary/aromatic N) is 2. The number of rotatable bonds is 4. The van der Waals surface area contributed by atoms with Crippen LogP contribution in [0.2, 0.25) is 0 Å². The maximum atomic E-state index is 13.4. The summed E-state index contributed by atoms with van der Waals surface area (Å²) in [7, 11) is 0. The lowest BCUT2D eigenvalue weighted by Gasteiger charge is -2.34. The Balaban J connectivity index is 1.65. The van der Waals surface area contributed by atoms with Crippen LogP contribution in [0.4, 0.5) is 10.1 Å². The molecule has 1 amide bonds. The number of para-hydroxylation sites is 2. The van der Waals surface area contributed by atoms with Gasteiger partial charge >= 0.3 is 0 Å². The normalized spacial score (nSPS) is 17.8. The molecule has 0 N–H and O–H groups in total. The van der Waals surface area contributed by atoms with E-state index in [0.29, 0.717) is 17.2 Å². The molecule has 0 fully saturated rings. The number of pyridine rings is 1. The van der Waals surface area contributed by atoms with Gasteiger partial charge in [-0.2, -0.15) is 0 Å². The largest absolute Gasteiger partial charge is 0.482 e. The average molecular weight is 378 g/mol. The molecule has 1 aliphatic rings. The van der Waals surface area contributed by atoms with Gasteiger partial charge in [0.25, 0.3) is 5.91 Å². The zero-order chi connectivity index (χ0) is 19.5. The highest BCUT2D eigenvalue weighted by molar-refractivity contribution is 5.97. The summed E-state index contributed by atoms with van der Waals surface area (Å²) in [6.45, 7) is 2.08. The van der Waals surface area contributed by atoms with Crippen molar-refractivity contribution < 1.29 is 18.7 Å². The first-order valence-corrected chi connectivity index (χ1v) is 9.00. The topological polar surface area (TPSA) is 51.7 Å². The summed E-state index contributed by atoms with van der Waals surface area (Å²) in [5, 5.41) is 0. The Morgan fingerprint density at radius 1 is 1.04 bits per heavy atom. The van der Waals surface area contributed by atoms with Gasteiger partial charge in [0.15, 0.2) is 11.5 Å². The summed E-state index contributed by atoms with van der Waals surface area (Å²) in [5.74, 6) is 0.508. The van der Waals surface area contributed by atoms with E-state index >= 15 is 0 Å². The number of hydrogen-bond donors (Lipinski definition) is 0. The van der Waals surface area contributed by atoms with Gasteiger partial charge in [0.05, 0.1) is 6.54 Å². The molecule has 0 aliphatic carbocycles. The van der Waals surface area contributed by atoms with E-state index in [4.69, 9.17) is 9.47 Å². The number of ether oxygens (including phenoxy) is 2. The molecular formula is C22H19FN2O3. The van der Waals surface area contributed by atoms with E-state index < -0.39 is 12.2 Å². The molecule has 142 valence electrons. The zero-order valence-corrected chi connectivity index (χ0v) is 15.3. The van der Waals surface area contributed by atoms with Crippen molar-refractivity contribution in [1.82, 2.24) is 4.98 Å². The summed E-state index contributed by atoms with van der Waals surface area (Å²) in [6, 6.07) is 16.8. The first-order chi connectivity index (χ1) is 13.6. The highest BCUT2D eigenvalue weighted by Gasteiger charge is 2.37. The van der Waals surface area contributed by atoms with Crippen molar-refractivity contribution >= 4 is 11.6 Å². The van der Waals surface area contributed by atoms with E-state index in [1.807, 2.05) is 24.3 Å². The number of halogens is 1. The molecule has 2 unspecified atom stereocenters. The Bertz CT molecular complexity index is 963. The molecule has 28 heavy (non-hydrogen) atoms. The van der Waals surface area contributed by atoms with Crippen LogP contribution >= 0.6 is 0 Å². The lowest BCUT2D eigenvalue weighted by Crippen LogP contribution is -2.50. The number of amides is 1. The highest BCUT2D eigenvalue weighted by Crippen LogP contribution is 2.34. The van der Waals surface area contributed by atoms with E-state index in [9.17, 15) is 9.18 Å². The van der Waals surface area contributed by atoms with Crippen LogP contribution in [0.1, 0.15) is 12.5 Å². The molecule has 1 aromatic heterocycles. The van der Waals surface area contributed by atoms with Gasteiger partial charge in [-0.15, -0.1) is 0 Å². The fourth-order valence-electron chi connectivity index (χ4n) is 3.14. The quantitative estimate of drug-likeness (QED) is 0.689. The molecule has 3 aromatic rings. The number of anilines is 1. The number of carbonyl (C=O) groups is 1. The molecule has 0 spiro atoms. The van der Waals surface area contributed by atoms with Crippen LogP contribution in [-0.2, 0) is 11.3 Å². The van der Waals surface area contributed by atoms with Crippen molar-refractivity contribution in [2.24, 2.45) is 0 Å². The van der Waals surface area contributed by atoms with Crippen LogP contribution in [0.5, 0.6) is 11.5 Å². The molecular weight excluding hydrogens is 359 g/mol. The molecule has 2 atom stereocenters. The van der Waals surface area contributed by atoms with Crippen molar-refractivity contribution in [1.29, 1.82) is 0 Å². The Hall–Kier alpha value is -3.41. The monoisotopic (exact) mass is 378 g/mol. The van der Waals surface area contributed by atoms with Crippen molar-refractivity contribution in [2.45, 2.75) is 25.7 Å². The smallest absolute Gasteiger partial charge is 0.272 e. The Labute approximate surface area is 162 Å². The predicted octanol–water partition coefficient (Wildman–Crippen LogP) is 3.98. The molecule has 4 rings (SSSR count). The number of carbonyl (C=O) groups excluding carboxylic acids is 1. The lowest BCUT2D eigenvalue weighted by molar-refractivity contribution is -0.130. The molecule has 2 heterocycles. The second-order valence-electron chi connectivity index (χ2n) is 6.57. The predicted molar refractivity (Wildman–Crippen MR) is 103 cm³/mol. The van der Waals surface area contributed by atoms with Gasteiger partial charge in [-0.25, -0.2) is 4.39 Å². The third-order valence-electron chi connectivity index (χ3n) is 4.55. The van der Waals surface area contributed by atoms with Gasteiger partial charge in [0.1, 0.15) is 11.9 Å². The van der Waals surface area contributed by atoms with Crippen molar-refractivity contribution in [3.63, 3.8) is 0 Å². The van der Waals surface area contributed by atoms with Gasteiger partial charge in [-0.3, -0.25) is 9.78 Å². The van der Waals surface area contributed by atoms with Gasteiger partial charge < -0.3 is 14.4 Å². The van der Waals surface area contributed by atoms with Gasteiger partial charge in [0.2, 0.25) is 6.10 Å². The van der Waals surface area contributed by atoms with Crippen molar-refractivity contribution in [2.75, 3.05) is 4.90 Å². The summed E-state index contributed by atoms with van der Waals surface area (Å²) in [6.07, 6.45) is 2.07. The SMILES string of the molecule is CC1Oc2ccccc2OC1C(=O)N(Cc1cccnc1)c1ccc(F)cc1. The van der Waals surface area contributed by atoms with Crippen molar-refractivity contribution in [3.8, 4) is 11.5 Å². The van der Waals surface area contributed by atoms with E-state index in [2.05, 4.69) is 4.98 Å². The number of aromatic nitrogens is 1. The first-order valence-electron chi connectivity index (χ1n) is 9.00. The third-order valence-corrected chi connectivity index (χ3v) is 4.55. The summed E-state index contributed by atoms with van der Waals surface area (Å²) in [5.41, 5.74) is 1.43. The highest BCUT2D eigenvalue weighted by atomic mass is 19.1. The van der Waals surface area contributed by atoms with E-state index in [1.54, 1.807) is 48.5 Å². The zero-order valence-electron chi connectivity index (χ0n) is 15.3. The summed E-state index contributed by atoms with van der Waals surface area (Å²) >= 11 is 0. The van der Waals surface area contributed by atoms with Gasteiger partial charge in [-0.05, 0) is 55.0 Å². The van der Waals surface area contributed by atoms with E-state index in [0.717, 1.165) is 5.56 Å². The third kappa shape index (κ3) is 3.67. The first kappa shape index (κ1) is 18.0. The van der Waals surface area contributed by atoms with Crippen LogP contribution in [-0.4, -0.2) is 23.1 Å². The maximum Gasteiger partial charge on any atom is 0.272 e. The van der Waals surface area contributed by atoms with Gasteiger partial charge in [0, 0.05) is 18.1 Å². The molecule has 1 aliphatic heterocycles. The Kier molecular flexibility index (Phi) is 4.93. The van der Waals surface area contributed by atoms with Crippen LogP contribution < -0.4 is 14.4 Å². The maximum absolute atomic E-state index is 13.4. The fourth-order valence-corrected chi connectivity index (χ4v) is 3.14. The molecule has 5 nitrogen and oxygen atoms in total. The van der Waals surface area contributed by atoms with Gasteiger partial charge in [-0.1, -0.05) is 18.2 Å². The molecule has 0 saturated heterocycles. The molecule has 2 aromatic carbocycles. The minimum absolute atomic E-state index is 0.266. The molecule has 0 bridgehead atoms. The molecule has 6 heteroatoms. The Morgan fingerprint density at radius 2 is 1.75 bits per heavy atom. The van der Waals surface area contributed by atoms with E-state index in [-0.39, 0.29) is 18.3 Å². The minimum atomic E-state index is -0.823. The Morgan fingerprint density at radius 3 is 2.43 bits per heavy atom. The fraction of sp³-hybridized carbons (Fsp3) is 0.182. The van der Waals surface area contributed by atoms with Crippen LogP contribution in [0.3, 0.4) is 0 Å². The number of fused-ring (bicyclic) bond motifs is 1. The number of benzene rings is 2. The van der Waals surface area contributed by atoms with E-state index in [1.165, 1.54) is 12.1 Å². The minimum Gasteiger partial charge on any atom is -0.482 e. The molecule has 0 saturated carbocycles. The van der Waals surface area contributed by atoms with Crippen molar-refractivity contribution in [3.05, 3.63) is 84.4 Å². The summed E-state index contributed by atoms with van der Waals surface area (Å²) < 4.78 is 25.2. The van der Waals surface area contributed by atoms with Crippen LogP contribution in [0.15, 0.2) is 73.1 Å². The number of hydrogen-bond acceptors (Lipinski definition) is 4. The second kappa shape index (κ2) is 7.68. The standard InChI is InChI=1S/C22H19FN2O3/c1-15-21(28-20-7-3-2-6-19(20)27-15)22(26)25(14-16-5-4-12-24-13-16)18-10-8-17(23)9-11-18/h2-13,15,21H,14H2,1H3. The molecule has 0 radical (unpaired) electrons. The van der Waals surface area contributed by atoms with Crippen LogP contribution in [0.25, 0.3) is 0 Å². The second-order valence-corrected chi connectivity index (χ2v) is 6.57. The summed E-state index contributed by atoms with van der Waals surface area (Å²) in [4.78, 5) is 19.1. The average Bonchev–Trinajstić information content (AvgIpc) is 2.72. The lowest BCUT2D eigenvalue weighted by atomic mass is 10.1. The van der Waals surface area contributed by atoms with Crippen LogP contribution in [0, 0.1) is 5.82 Å².